The van der Waals surface area contributed by atoms with Gasteiger partial charge in [-0.25, -0.2) is 0 Å². The lowest BCUT2D eigenvalue weighted by Gasteiger charge is -2.06. The number of hydrogen-bond donors (Lipinski definition) is 0. The molecule has 0 atom stereocenters. The second-order valence-corrected chi connectivity index (χ2v) is 6.63. The zero-order chi connectivity index (χ0) is 14.7. The molecule has 0 aromatic heterocycles. The minimum Gasteiger partial charge on any atom is -0.293 e. The van der Waals surface area contributed by atoms with Gasteiger partial charge in [0.25, 0.3) is 0 Å². The standard InChI is InChI=1S/C18H13BrOS/c19-15-10-8-14(9-11-15)17(20)12-21-18-7-3-5-13-4-1-2-6-16(13)18/h1-11H,12H2. The first-order valence-corrected chi connectivity index (χ1v) is 8.41. The van der Waals surface area contributed by atoms with E-state index in [0.29, 0.717) is 5.75 Å². The van der Waals surface area contributed by atoms with Crippen molar-refractivity contribution in [1.82, 2.24) is 0 Å². The maximum atomic E-state index is 12.2. The summed E-state index contributed by atoms with van der Waals surface area (Å²) in [6, 6.07) is 22.0. The molecular formula is C18H13BrOS. The van der Waals surface area contributed by atoms with Gasteiger partial charge in [-0.3, -0.25) is 4.79 Å². The number of rotatable bonds is 4. The SMILES string of the molecule is O=C(CSc1cccc2ccccc12)c1ccc(Br)cc1. The number of carbonyl (C=O) groups is 1. The smallest absolute Gasteiger partial charge is 0.173 e. The zero-order valence-corrected chi connectivity index (χ0v) is 13.7. The van der Waals surface area contributed by atoms with E-state index < -0.39 is 0 Å². The lowest BCUT2D eigenvalue weighted by molar-refractivity contribution is 0.102. The summed E-state index contributed by atoms with van der Waals surface area (Å²) in [5.74, 6) is 0.607. The van der Waals surface area contributed by atoms with Gasteiger partial charge in [0.05, 0.1) is 5.75 Å². The summed E-state index contributed by atoms with van der Waals surface area (Å²) >= 11 is 4.98. The van der Waals surface area contributed by atoms with Gasteiger partial charge < -0.3 is 0 Å². The molecule has 3 aromatic carbocycles. The van der Waals surface area contributed by atoms with Gasteiger partial charge in [0.2, 0.25) is 0 Å². The van der Waals surface area contributed by atoms with Crippen LogP contribution < -0.4 is 0 Å². The zero-order valence-electron chi connectivity index (χ0n) is 11.3. The second-order valence-electron chi connectivity index (χ2n) is 4.70. The van der Waals surface area contributed by atoms with Crippen LogP contribution in [0, 0.1) is 0 Å². The minimum atomic E-state index is 0.153. The maximum absolute atomic E-state index is 12.2. The molecule has 0 aliphatic rings. The Morgan fingerprint density at radius 2 is 1.62 bits per heavy atom. The molecule has 0 unspecified atom stereocenters. The molecule has 0 amide bonds. The summed E-state index contributed by atoms with van der Waals surface area (Å²) in [4.78, 5) is 13.4. The van der Waals surface area contributed by atoms with Crippen LogP contribution in [0.1, 0.15) is 10.4 Å². The van der Waals surface area contributed by atoms with Crippen molar-refractivity contribution in [2.45, 2.75) is 4.90 Å². The first kappa shape index (κ1) is 14.4. The lowest BCUT2D eigenvalue weighted by atomic mass is 10.1. The molecule has 0 saturated heterocycles. The summed E-state index contributed by atoms with van der Waals surface area (Å²) in [6.45, 7) is 0. The number of fused-ring (bicyclic) bond motifs is 1. The molecular weight excluding hydrogens is 344 g/mol. The summed E-state index contributed by atoms with van der Waals surface area (Å²) < 4.78 is 0.987. The second kappa shape index (κ2) is 6.46. The number of benzene rings is 3. The molecule has 21 heavy (non-hydrogen) atoms. The summed E-state index contributed by atoms with van der Waals surface area (Å²) in [5, 5.41) is 2.41. The Bertz CT molecular complexity index is 775. The average Bonchev–Trinajstić information content (AvgIpc) is 2.53. The first-order chi connectivity index (χ1) is 10.2. The quantitative estimate of drug-likeness (QED) is 0.448. The minimum absolute atomic E-state index is 0.153. The van der Waals surface area contributed by atoms with Crippen LogP contribution in [0.25, 0.3) is 10.8 Å². The molecule has 0 N–H and O–H groups in total. The molecule has 0 bridgehead atoms. The van der Waals surface area contributed by atoms with Crippen LogP contribution in [0.4, 0.5) is 0 Å². The Kier molecular flexibility index (Phi) is 4.42. The van der Waals surface area contributed by atoms with E-state index in [0.717, 1.165) is 14.9 Å². The molecule has 0 aliphatic heterocycles. The number of Topliss-reactive ketones (excluding diaryl/α,β-unsaturated/α-hetero) is 1. The van der Waals surface area contributed by atoms with Gasteiger partial charge in [0.1, 0.15) is 0 Å². The monoisotopic (exact) mass is 356 g/mol. The fourth-order valence-electron chi connectivity index (χ4n) is 2.18. The predicted molar refractivity (Wildman–Crippen MR) is 93.1 cm³/mol. The summed E-state index contributed by atoms with van der Waals surface area (Å²) in [5.41, 5.74) is 0.755. The molecule has 3 aromatic rings. The van der Waals surface area contributed by atoms with Crippen molar-refractivity contribution in [1.29, 1.82) is 0 Å². The molecule has 0 heterocycles. The van der Waals surface area contributed by atoms with E-state index in [1.54, 1.807) is 11.8 Å². The predicted octanol–water partition coefficient (Wildman–Crippen LogP) is 5.58. The highest BCUT2D eigenvalue weighted by Crippen LogP contribution is 2.28. The van der Waals surface area contributed by atoms with Gasteiger partial charge >= 0.3 is 0 Å². The Morgan fingerprint density at radius 1 is 0.905 bits per heavy atom. The maximum Gasteiger partial charge on any atom is 0.173 e. The molecule has 104 valence electrons. The lowest BCUT2D eigenvalue weighted by Crippen LogP contribution is -2.01. The third-order valence-electron chi connectivity index (χ3n) is 3.27. The Labute approximate surface area is 136 Å². The van der Waals surface area contributed by atoms with Crippen LogP contribution in [0.2, 0.25) is 0 Å². The average molecular weight is 357 g/mol. The third kappa shape index (κ3) is 3.36. The van der Waals surface area contributed by atoms with Gasteiger partial charge in [-0.15, -0.1) is 11.8 Å². The van der Waals surface area contributed by atoms with E-state index in [1.165, 1.54) is 10.8 Å². The van der Waals surface area contributed by atoms with Gasteiger partial charge in [-0.1, -0.05) is 64.5 Å². The summed E-state index contributed by atoms with van der Waals surface area (Å²) in [6.07, 6.45) is 0. The normalized spacial score (nSPS) is 10.7. The molecule has 1 nitrogen and oxygen atoms in total. The van der Waals surface area contributed by atoms with Crippen molar-refractivity contribution in [3.8, 4) is 0 Å². The van der Waals surface area contributed by atoms with Crippen molar-refractivity contribution in [2.75, 3.05) is 5.75 Å². The molecule has 0 fully saturated rings. The van der Waals surface area contributed by atoms with Crippen molar-refractivity contribution in [3.63, 3.8) is 0 Å². The van der Waals surface area contributed by atoms with Crippen LogP contribution >= 0.6 is 27.7 Å². The number of hydrogen-bond acceptors (Lipinski definition) is 2. The Morgan fingerprint density at radius 3 is 2.43 bits per heavy atom. The van der Waals surface area contributed by atoms with E-state index in [9.17, 15) is 4.79 Å². The van der Waals surface area contributed by atoms with E-state index in [-0.39, 0.29) is 5.78 Å². The van der Waals surface area contributed by atoms with E-state index in [2.05, 4.69) is 40.2 Å². The molecule has 3 heteroatoms. The number of thioether (sulfide) groups is 1. The van der Waals surface area contributed by atoms with E-state index >= 15 is 0 Å². The highest BCUT2D eigenvalue weighted by atomic mass is 79.9. The van der Waals surface area contributed by atoms with Gasteiger partial charge in [0.15, 0.2) is 5.78 Å². The van der Waals surface area contributed by atoms with Crippen LogP contribution in [0.5, 0.6) is 0 Å². The van der Waals surface area contributed by atoms with Crippen molar-refractivity contribution < 1.29 is 4.79 Å². The van der Waals surface area contributed by atoms with Crippen molar-refractivity contribution >= 4 is 44.2 Å². The van der Waals surface area contributed by atoms with E-state index in [1.807, 2.05) is 42.5 Å². The first-order valence-electron chi connectivity index (χ1n) is 6.63. The number of ketones is 1. The van der Waals surface area contributed by atoms with E-state index in [4.69, 9.17) is 0 Å². The fraction of sp³-hybridized carbons (Fsp3) is 0.0556. The molecule has 0 aliphatic carbocycles. The largest absolute Gasteiger partial charge is 0.293 e. The molecule has 0 spiro atoms. The number of carbonyl (C=O) groups excluding carboxylic acids is 1. The highest BCUT2D eigenvalue weighted by Gasteiger charge is 2.08. The highest BCUT2D eigenvalue weighted by molar-refractivity contribution is 9.10. The van der Waals surface area contributed by atoms with Crippen LogP contribution in [-0.2, 0) is 0 Å². The van der Waals surface area contributed by atoms with Crippen LogP contribution in [0.15, 0.2) is 76.1 Å². The van der Waals surface area contributed by atoms with Gasteiger partial charge in [-0.2, -0.15) is 0 Å². The third-order valence-corrected chi connectivity index (χ3v) is 4.88. The molecule has 0 saturated carbocycles. The Balaban J connectivity index is 1.77. The van der Waals surface area contributed by atoms with Gasteiger partial charge in [0, 0.05) is 14.9 Å². The topological polar surface area (TPSA) is 17.1 Å². The summed E-state index contributed by atoms with van der Waals surface area (Å²) in [7, 11) is 0. The molecule has 0 radical (unpaired) electrons. The Hall–Kier alpha value is -1.58. The van der Waals surface area contributed by atoms with Crippen molar-refractivity contribution in [3.05, 3.63) is 76.8 Å². The number of halogens is 1. The fourth-order valence-corrected chi connectivity index (χ4v) is 3.42. The van der Waals surface area contributed by atoms with Crippen LogP contribution in [0.3, 0.4) is 0 Å². The van der Waals surface area contributed by atoms with Crippen LogP contribution in [-0.4, -0.2) is 11.5 Å². The van der Waals surface area contributed by atoms with Crippen molar-refractivity contribution in [2.24, 2.45) is 0 Å². The molecule has 3 rings (SSSR count). The van der Waals surface area contributed by atoms with Gasteiger partial charge in [-0.05, 0) is 29.0 Å².